The fraction of sp³-hybridized carbons (Fsp3) is 0.375. The molecule has 1 aromatic rings. The van der Waals surface area contributed by atoms with Crippen LogP contribution in [-0.4, -0.2) is 35.8 Å². The van der Waals surface area contributed by atoms with E-state index in [-0.39, 0.29) is 11.9 Å². The zero-order valence-corrected chi connectivity index (χ0v) is 12.0. The van der Waals surface area contributed by atoms with E-state index in [2.05, 4.69) is 0 Å². The van der Waals surface area contributed by atoms with Crippen molar-refractivity contribution in [1.82, 2.24) is 4.90 Å². The number of benzene rings is 1. The summed E-state index contributed by atoms with van der Waals surface area (Å²) in [5.74, 6) is -0.468. The molecule has 1 atom stereocenters. The van der Waals surface area contributed by atoms with E-state index >= 15 is 0 Å². The summed E-state index contributed by atoms with van der Waals surface area (Å²) in [7, 11) is 0. The lowest BCUT2D eigenvalue weighted by Crippen LogP contribution is -2.46. The molecule has 1 saturated heterocycles. The maximum absolute atomic E-state index is 12.2. The van der Waals surface area contributed by atoms with E-state index in [0.717, 1.165) is 31.4 Å². The van der Waals surface area contributed by atoms with Crippen LogP contribution in [0.5, 0.6) is 0 Å². The van der Waals surface area contributed by atoms with Gasteiger partial charge in [0.05, 0.1) is 0 Å². The average Bonchev–Trinajstić information content (AvgIpc) is 2.52. The molecule has 1 aliphatic heterocycles. The van der Waals surface area contributed by atoms with Crippen LogP contribution in [0.1, 0.15) is 35.2 Å². The Morgan fingerprint density at radius 1 is 1.24 bits per heavy atom. The van der Waals surface area contributed by atoms with Gasteiger partial charge in [-0.25, -0.2) is 0 Å². The smallest absolute Gasteiger partial charge is 0.248 e. The molecule has 4 N–H and O–H groups in total. The third kappa shape index (κ3) is 3.92. The number of piperidine rings is 1. The molecule has 1 aliphatic rings. The Bertz CT molecular complexity index is 537. The first-order chi connectivity index (χ1) is 10.1. The lowest BCUT2D eigenvalue weighted by molar-refractivity contribution is -0.129. The van der Waals surface area contributed by atoms with Gasteiger partial charge in [0.15, 0.2) is 0 Å². The monoisotopic (exact) mass is 287 g/mol. The zero-order chi connectivity index (χ0) is 15.2. The van der Waals surface area contributed by atoms with Gasteiger partial charge in [0, 0.05) is 30.8 Å². The molecular formula is C16H21N3O2. The van der Waals surface area contributed by atoms with Crippen LogP contribution in [0.2, 0.25) is 0 Å². The van der Waals surface area contributed by atoms with Crippen molar-refractivity contribution in [3.63, 3.8) is 0 Å². The highest BCUT2D eigenvalue weighted by atomic mass is 16.2. The molecule has 0 bridgehead atoms. The molecule has 1 heterocycles. The molecule has 5 heteroatoms. The maximum atomic E-state index is 12.2. The molecule has 0 spiro atoms. The van der Waals surface area contributed by atoms with Gasteiger partial charge >= 0.3 is 0 Å². The van der Waals surface area contributed by atoms with E-state index in [4.69, 9.17) is 11.5 Å². The molecule has 0 aromatic heterocycles. The number of nitrogens with two attached hydrogens (primary N) is 2. The van der Waals surface area contributed by atoms with Crippen LogP contribution in [0, 0.1) is 0 Å². The Morgan fingerprint density at radius 2 is 1.95 bits per heavy atom. The lowest BCUT2D eigenvalue weighted by Gasteiger charge is -2.34. The summed E-state index contributed by atoms with van der Waals surface area (Å²) < 4.78 is 0. The Hall–Kier alpha value is -2.14. The highest BCUT2D eigenvalue weighted by Crippen LogP contribution is 2.17. The zero-order valence-electron chi connectivity index (χ0n) is 12.0. The van der Waals surface area contributed by atoms with Crippen molar-refractivity contribution in [2.45, 2.75) is 25.3 Å². The van der Waals surface area contributed by atoms with Crippen molar-refractivity contribution in [2.75, 3.05) is 13.1 Å². The van der Waals surface area contributed by atoms with Crippen LogP contribution < -0.4 is 11.5 Å². The predicted molar refractivity (Wildman–Crippen MR) is 82.4 cm³/mol. The quantitative estimate of drug-likeness (QED) is 0.814. The van der Waals surface area contributed by atoms with Crippen molar-refractivity contribution in [1.29, 1.82) is 0 Å². The molecule has 21 heavy (non-hydrogen) atoms. The van der Waals surface area contributed by atoms with Gasteiger partial charge in [0.1, 0.15) is 0 Å². The van der Waals surface area contributed by atoms with Gasteiger partial charge in [-0.15, -0.1) is 0 Å². The summed E-state index contributed by atoms with van der Waals surface area (Å²) in [6.45, 7) is 1.28. The van der Waals surface area contributed by atoms with E-state index in [1.54, 1.807) is 36.4 Å². The van der Waals surface area contributed by atoms with E-state index < -0.39 is 5.91 Å². The van der Waals surface area contributed by atoms with Crippen LogP contribution >= 0.6 is 0 Å². The standard InChI is InChI=1S/C16H21N3O2/c17-11-14-3-1-2-10-19(14)15(20)9-6-12-4-7-13(8-5-12)16(18)21/h4-9,14H,1-3,10-11,17H2,(H2,18,21)/b9-6+. The van der Waals surface area contributed by atoms with Gasteiger partial charge in [-0.1, -0.05) is 12.1 Å². The summed E-state index contributed by atoms with van der Waals surface area (Å²) >= 11 is 0. The molecule has 0 aliphatic carbocycles. The largest absolute Gasteiger partial charge is 0.366 e. The number of likely N-dealkylation sites (tertiary alicyclic amines) is 1. The van der Waals surface area contributed by atoms with Gasteiger partial charge in [0.2, 0.25) is 11.8 Å². The number of carbonyl (C=O) groups is 2. The van der Waals surface area contributed by atoms with Crippen molar-refractivity contribution < 1.29 is 9.59 Å². The van der Waals surface area contributed by atoms with Gasteiger partial charge in [-0.05, 0) is 43.0 Å². The summed E-state index contributed by atoms with van der Waals surface area (Å²) in [5, 5.41) is 0. The maximum Gasteiger partial charge on any atom is 0.248 e. The summed E-state index contributed by atoms with van der Waals surface area (Å²) in [6, 6.07) is 6.97. The third-order valence-electron chi connectivity index (χ3n) is 3.80. The van der Waals surface area contributed by atoms with Crippen molar-refractivity contribution in [2.24, 2.45) is 11.5 Å². The van der Waals surface area contributed by atoms with Gasteiger partial charge in [-0.2, -0.15) is 0 Å². The molecule has 0 saturated carbocycles. The molecule has 1 unspecified atom stereocenters. The summed E-state index contributed by atoms with van der Waals surface area (Å²) in [5.41, 5.74) is 12.2. The second kappa shape index (κ2) is 7.04. The number of nitrogens with zero attached hydrogens (tertiary/aromatic N) is 1. The second-order valence-electron chi connectivity index (χ2n) is 5.24. The molecule has 5 nitrogen and oxygen atoms in total. The minimum atomic E-state index is -0.458. The van der Waals surface area contributed by atoms with E-state index in [9.17, 15) is 9.59 Å². The molecule has 2 rings (SSSR count). The number of primary amides is 1. The number of hydrogen-bond donors (Lipinski definition) is 2. The number of hydrogen-bond acceptors (Lipinski definition) is 3. The first-order valence-corrected chi connectivity index (χ1v) is 7.20. The number of amides is 2. The van der Waals surface area contributed by atoms with Crippen molar-refractivity contribution >= 4 is 17.9 Å². The van der Waals surface area contributed by atoms with Crippen LogP contribution in [-0.2, 0) is 4.79 Å². The summed E-state index contributed by atoms with van der Waals surface area (Å²) in [4.78, 5) is 25.1. The number of rotatable bonds is 4. The Balaban J connectivity index is 2.02. The minimum absolute atomic E-state index is 0.0101. The first-order valence-electron chi connectivity index (χ1n) is 7.20. The van der Waals surface area contributed by atoms with E-state index in [0.29, 0.717) is 12.1 Å². The van der Waals surface area contributed by atoms with E-state index in [1.165, 1.54) is 0 Å². The fourth-order valence-electron chi connectivity index (χ4n) is 2.56. The SMILES string of the molecule is NCC1CCCCN1C(=O)/C=C/c1ccc(C(N)=O)cc1. The molecule has 0 radical (unpaired) electrons. The van der Waals surface area contributed by atoms with Crippen LogP contribution in [0.3, 0.4) is 0 Å². The van der Waals surface area contributed by atoms with Crippen LogP contribution in [0.4, 0.5) is 0 Å². The van der Waals surface area contributed by atoms with Crippen molar-refractivity contribution in [3.8, 4) is 0 Å². The summed E-state index contributed by atoms with van der Waals surface area (Å²) in [6.07, 6.45) is 6.44. The lowest BCUT2D eigenvalue weighted by atomic mass is 10.0. The number of carbonyl (C=O) groups excluding carboxylic acids is 2. The Morgan fingerprint density at radius 3 is 2.57 bits per heavy atom. The molecule has 2 amide bonds. The molecule has 1 aromatic carbocycles. The minimum Gasteiger partial charge on any atom is -0.366 e. The fourth-order valence-corrected chi connectivity index (χ4v) is 2.56. The van der Waals surface area contributed by atoms with Gasteiger partial charge in [0.25, 0.3) is 0 Å². The van der Waals surface area contributed by atoms with Crippen molar-refractivity contribution in [3.05, 3.63) is 41.5 Å². The molecule has 112 valence electrons. The Labute approximate surface area is 124 Å². The normalized spacial score (nSPS) is 18.9. The van der Waals surface area contributed by atoms with E-state index in [1.807, 2.05) is 4.90 Å². The highest BCUT2D eigenvalue weighted by Gasteiger charge is 2.23. The Kier molecular flexibility index (Phi) is 5.11. The van der Waals surface area contributed by atoms with Crippen LogP contribution in [0.15, 0.2) is 30.3 Å². The predicted octanol–water partition coefficient (Wildman–Crippen LogP) is 1.14. The van der Waals surface area contributed by atoms with Crippen LogP contribution in [0.25, 0.3) is 6.08 Å². The van der Waals surface area contributed by atoms with Gasteiger partial charge < -0.3 is 16.4 Å². The second-order valence-corrected chi connectivity index (χ2v) is 5.24. The average molecular weight is 287 g/mol. The molecule has 1 fully saturated rings. The van der Waals surface area contributed by atoms with Gasteiger partial charge in [-0.3, -0.25) is 9.59 Å². The topological polar surface area (TPSA) is 89.4 Å². The first kappa shape index (κ1) is 15.3. The molecular weight excluding hydrogens is 266 g/mol. The third-order valence-corrected chi connectivity index (χ3v) is 3.80. The highest BCUT2D eigenvalue weighted by molar-refractivity contribution is 5.94.